The predicted molar refractivity (Wildman–Crippen MR) is 137 cm³/mol. The Balaban J connectivity index is 1.56. The Hall–Kier alpha value is -3.59. The Morgan fingerprint density at radius 2 is 1.91 bits per heavy atom. The minimum atomic E-state index is -0.482. The van der Waals surface area contributed by atoms with Crippen LogP contribution in [0.3, 0.4) is 0 Å². The molecule has 2 aromatic heterocycles. The van der Waals surface area contributed by atoms with Crippen LogP contribution in [0.2, 0.25) is 0 Å². The molecular formula is C26H30FN7O. The summed E-state index contributed by atoms with van der Waals surface area (Å²) in [4.78, 5) is 25.1. The number of halogens is 1. The molecule has 0 unspecified atom stereocenters. The molecule has 1 fully saturated rings. The molecule has 2 aromatic carbocycles. The van der Waals surface area contributed by atoms with Crippen LogP contribution >= 0.6 is 0 Å². The summed E-state index contributed by atoms with van der Waals surface area (Å²) in [5.41, 5.74) is 2.67. The van der Waals surface area contributed by atoms with Crippen molar-refractivity contribution in [3.63, 3.8) is 0 Å². The van der Waals surface area contributed by atoms with Crippen LogP contribution < -0.4 is 15.5 Å². The van der Waals surface area contributed by atoms with E-state index in [1.165, 1.54) is 6.07 Å². The molecule has 1 aliphatic heterocycles. The van der Waals surface area contributed by atoms with Crippen LogP contribution in [0.25, 0.3) is 21.8 Å². The zero-order valence-electron chi connectivity index (χ0n) is 20.6. The highest BCUT2D eigenvalue weighted by Crippen LogP contribution is 2.31. The molecule has 2 atom stereocenters. The second kappa shape index (κ2) is 8.88. The lowest BCUT2D eigenvalue weighted by Gasteiger charge is -2.38. The van der Waals surface area contributed by atoms with Crippen LogP contribution in [-0.2, 0) is 7.05 Å². The monoisotopic (exact) mass is 475 g/mol. The van der Waals surface area contributed by atoms with E-state index >= 15 is 0 Å². The van der Waals surface area contributed by atoms with Gasteiger partial charge in [-0.2, -0.15) is 5.10 Å². The first kappa shape index (κ1) is 23.2. The SMILES string of the molecule is CC(C)c1ncc2c(N3C[C@@H](C)N[C@@H](C)C3)ccc(C(=O)Nc3cc(F)c4nn(C)cc4c3)c2n1. The van der Waals surface area contributed by atoms with Crippen molar-refractivity contribution in [3.05, 3.63) is 53.9 Å². The van der Waals surface area contributed by atoms with Crippen molar-refractivity contribution in [2.24, 2.45) is 7.05 Å². The van der Waals surface area contributed by atoms with Gasteiger partial charge in [-0.15, -0.1) is 0 Å². The summed E-state index contributed by atoms with van der Waals surface area (Å²) in [6.45, 7) is 10.1. The highest BCUT2D eigenvalue weighted by Gasteiger charge is 2.25. The van der Waals surface area contributed by atoms with Gasteiger partial charge in [0.25, 0.3) is 5.91 Å². The van der Waals surface area contributed by atoms with Crippen molar-refractivity contribution in [1.82, 2.24) is 25.1 Å². The largest absolute Gasteiger partial charge is 0.368 e. The Kier molecular flexibility index (Phi) is 5.88. The number of piperazine rings is 1. The number of amides is 1. The average Bonchev–Trinajstić information content (AvgIpc) is 3.18. The second-order valence-corrected chi connectivity index (χ2v) is 9.80. The van der Waals surface area contributed by atoms with E-state index < -0.39 is 5.82 Å². The number of benzene rings is 2. The first-order valence-corrected chi connectivity index (χ1v) is 11.9. The summed E-state index contributed by atoms with van der Waals surface area (Å²) in [7, 11) is 1.73. The minimum absolute atomic E-state index is 0.111. The van der Waals surface area contributed by atoms with E-state index in [2.05, 4.69) is 39.5 Å². The number of hydrogen-bond acceptors (Lipinski definition) is 6. The zero-order chi connectivity index (χ0) is 24.9. The molecule has 2 N–H and O–H groups in total. The number of aryl methyl sites for hydroxylation is 1. The smallest absolute Gasteiger partial charge is 0.257 e. The van der Waals surface area contributed by atoms with Gasteiger partial charge >= 0.3 is 0 Å². The van der Waals surface area contributed by atoms with Gasteiger partial charge in [0.2, 0.25) is 0 Å². The van der Waals surface area contributed by atoms with E-state index in [-0.39, 0.29) is 17.3 Å². The van der Waals surface area contributed by atoms with Gasteiger partial charge in [0.05, 0.1) is 11.1 Å². The fraction of sp³-hybridized carbons (Fsp3) is 0.385. The van der Waals surface area contributed by atoms with Gasteiger partial charge in [-0.05, 0) is 38.1 Å². The lowest BCUT2D eigenvalue weighted by atomic mass is 10.0. The summed E-state index contributed by atoms with van der Waals surface area (Å²) in [5, 5.41) is 12.0. The molecule has 1 amide bonds. The van der Waals surface area contributed by atoms with E-state index in [1.807, 2.05) is 26.1 Å². The molecule has 0 radical (unpaired) electrons. The normalized spacial score (nSPS) is 18.5. The van der Waals surface area contributed by atoms with E-state index in [1.54, 1.807) is 30.1 Å². The highest BCUT2D eigenvalue weighted by atomic mass is 19.1. The fourth-order valence-corrected chi connectivity index (χ4v) is 4.86. The van der Waals surface area contributed by atoms with Crippen LogP contribution in [-0.4, -0.2) is 50.8 Å². The number of fused-ring (bicyclic) bond motifs is 2. The van der Waals surface area contributed by atoms with Crippen LogP contribution in [0.5, 0.6) is 0 Å². The lowest BCUT2D eigenvalue weighted by Crippen LogP contribution is -2.54. The molecule has 0 aliphatic carbocycles. The molecule has 4 aromatic rings. The van der Waals surface area contributed by atoms with E-state index in [0.717, 1.165) is 24.2 Å². The second-order valence-electron chi connectivity index (χ2n) is 9.80. The van der Waals surface area contributed by atoms with Crippen LogP contribution in [0.15, 0.2) is 36.7 Å². The number of hydrogen-bond donors (Lipinski definition) is 2. The van der Waals surface area contributed by atoms with Crippen LogP contribution in [0, 0.1) is 5.82 Å². The van der Waals surface area contributed by atoms with Gasteiger partial charge in [-0.3, -0.25) is 9.48 Å². The minimum Gasteiger partial charge on any atom is -0.368 e. The molecule has 0 bridgehead atoms. The molecule has 35 heavy (non-hydrogen) atoms. The molecule has 3 heterocycles. The maximum absolute atomic E-state index is 14.6. The molecule has 0 spiro atoms. The summed E-state index contributed by atoms with van der Waals surface area (Å²) in [5.74, 6) is -0.0431. The van der Waals surface area contributed by atoms with Crippen molar-refractivity contribution >= 4 is 39.1 Å². The van der Waals surface area contributed by atoms with Gasteiger partial charge in [0.1, 0.15) is 11.3 Å². The lowest BCUT2D eigenvalue weighted by molar-refractivity contribution is 0.102. The van der Waals surface area contributed by atoms with Crippen molar-refractivity contribution in [2.75, 3.05) is 23.3 Å². The number of anilines is 2. The maximum atomic E-state index is 14.6. The quantitative estimate of drug-likeness (QED) is 0.460. The van der Waals surface area contributed by atoms with Crippen molar-refractivity contribution in [1.29, 1.82) is 0 Å². The summed E-state index contributed by atoms with van der Waals surface area (Å²) in [6, 6.07) is 7.46. The third-order valence-electron chi connectivity index (χ3n) is 6.34. The number of nitrogens with one attached hydrogen (secondary N) is 2. The Bertz CT molecular complexity index is 1420. The molecule has 182 valence electrons. The van der Waals surface area contributed by atoms with Crippen LogP contribution in [0.1, 0.15) is 49.8 Å². The Labute approximate surface area is 203 Å². The first-order valence-electron chi connectivity index (χ1n) is 11.9. The van der Waals surface area contributed by atoms with Crippen molar-refractivity contribution in [2.45, 2.75) is 45.7 Å². The molecule has 9 heteroatoms. The predicted octanol–water partition coefficient (Wildman–Crippen LogP) is 4.22. The van der Waals surface area contributed by atoms with E-state index in [4.69, 9.17) is 4.98 Å². The molecular weight excluding hydrogens is 445 g/mol. The van der Waals surface area contributed by atoms with E-state index in [0.29, 0.717) is 40.1 Å². The number of carbonyl (C=O) groups excluding carboxylic acids is 1. The van der Waals surface area contributed by atoms with Gasteiger partial charge < -0.3 is 15.5 Å². The third-order valence-corrected chi connectivity index (χ3v) is 6.34. The summed E-state index contributed by atoms with van der Waals surface area (Å²) >= 11 is 0. The van der Waals surface area contributed by atoms with Gasteiger partial charge in [0.15, 0.2) is 5.82 Å². The summed E-state index contributed by atoms with van der Waals surface area (Å²) < 4.78 is 16.1. The molecule has 1 saturated heterocycles. The number of nitrogens with zero attached hydrogens (tertiary/aromatic N) is 5. The zero-order valence-corrected chi connectivity index (χ0v) is 20.6. The molecule has 5 rings (SSSR count). The average molecular weight is 476 g/mol. The van der Waals surface area contributed by atoms with Crippen molar-refractivity contribution in [3.8, 4) is 0 Å². The standard InChI is InChI=1S/C26H30FN7O/c1-14(2)25-28-10-20-22(34-11-15(3)29-16(4)12-34)7-6-19(24(20)31-25)26(35)30-18-8-17-13-33(5)32-23(17)21(27)9-18/h6-10,13-16,29H,11-12H2,1-5H3,(H,30,35)/t15-,16+. The fourth-order valence-electron chi connectivity index (χ4n) is 4.86. The Morgan fingerprint density at radius 1 is 1.17 bits per heavy atom. The third kappa shape index (κ3) is 4.43. The van der Waals surface area contributed by atoms with E-state index in [9.17, 15) is 9.18 Å². The molecule has 8 nitrogen and oxygen atoms in total. The van der Waals surface area contributed by atoms with Gasteiger partial charge in [-0.25, -0.2) is 14.4 Å². The molecule has 1 aliphatic rings. The number of carbonyl (C=O) groups is 1. The number of aromatic nitrogens is 4. The summed E-state index contributed by atoms with van der Waals surface area (Å²) in [6.07, 6.45) is 3.54. The highest BCUT2D eigenvalue weighted by molar-refractivity contribution is 6.14. The van der Waals surface area contributed by atoms with Gasteiger partial charge in [-0.1, -0.05) is 13.8 Å². The van der Waals surface area contributed by atoms with Gasteiger partial charge in [0, 0.05) is 72.7 Å². The Morgan fingerprint density at radius 3 is 2.63 bits per heavy atom. The van der Waals surface area contributed by atoms with Crippen LogP contribution in [0.4, 0.5) is 15.8 Å². The number of rotatable bonds is 4. The first-order chi connectivity index (χ1) is 16.7. The maximum Gasteiger partial charge on any atom is 0.257 e. The van der Waals surface area contributed by atoms with Crippen molar-refractivity contribution < 1.29 is 9.18 Å². The topological polar surface area (TPSA) is 88.0 Å². The molecule has 0 saturated carbocycles.